The van der Waals surface area contributed by atoms with Crippen LogP contribution in [0.25, 0.3) is 10.8 Å². The maximum atomic E-state index is 12.6. The fraction of sp³-hybridized carbons (Fsp3) is 0.300. The van der Waals surface area contributed by atoms with Gasteiger partial charge in [0.1, 0.15) is 11.5 Å². The molecule has 1 fully saturated rings. The molecule has 1 amide bonds. The number of nitrogens with one attached hydrogen (secondary N) is 1. The lowest BCUT2D eigenvalue weighted by atomic mass is 10.0. The number of ether oxygens (including phenoxy) is 1. The minimum absolute atomic E-state index is 0.206. The van der Waals surface area contributed by atoms with Crippen LogP contribution in [0.1, 0.15) is 40.8 Å². The molecule has 26 heavy (non-hydrogen) atoms. The number of pyridine rings is 1. The first-order valence-electron chi connectivity index (χ1n) is 8.83. The summed E-state index contributed by atoms with van der Waals surface area (Å²) in [6.45, 7) is 1.81. The van der Waals surface area contributed by atoms with Crippen LogP contribution in [-0.4, -0.2) is 34.1 Å². The number of hydrogen-bond acceptors (Lipinski definition) is 5. The Kier molecular flexibility index (Phi) is 4.84. The molecule has 0 aliphatic carbocycles. The summed E-state index contributed by atoms with van der Waals surface area (Å²) in [5, 5.41) is 4.75. The van der Waals surface area contributed by atoms with Crippen LogP contribution >= 0.6 is 0 Å². The van der Waals surface area contributed by atoms with Gasteiger partial charge in [-0.2, -0.15) is 0 Å². The van der Waals surface area contributed by atoms with E-state index < -0.39 is 0 Å². The van der Waals surface area contributed by atoms with Gasteiger partial charge in [0, 0.05) is 30.3 Å². The number of rotatable bonds is 4. The fourth-order valence-corrected chi connectivity index (χ4v) is 3.21. The lowest BCUT2D eigenvalue weighted by molar-refractivity contribution is 0.0779. The largest absolute Gasteiger partial charge is 0.381 e. The molecule has 3 aromatic rings. The fourth-order valence-electron chi connectivity index (χ4n) is 3.21. The molecule has 0 bridgehead atoms. The van der Waals surface area contributed by atoms with Gasteiger partial charge in [-0.05, 0) is 30.4 Å². The molecule has 1 aliphatic heterocycles. The van der Waals surface area contributed by atoms with Crippen molar-refractivity contribution in [1.82, 2.24) is 20.3 Å². The summed E-state index contributed by atoms with van der Waals surface area (Å²) in [5.74, 6) is 0.821. The summed E-state index contributed by atoms with van der Waals surface area (Å²) < 4.78 is 5.52. The third-order valence-corrected chi connectivity index (χ3v) is 4.58. The Morgan fingerprint density at radius 1 is 1.15 bits per heavy atom. The van der Waals surface area contributed by atoms with Crippen LogP contribution in [0.3, 0.4) is 0 Å². The molecular weight excluding hydrogens is 328 g/mol. The van der Waals surface area contributed by atoms with Crippen LogP contribution < -0.4 is 5.32 Å². The Morgan fingerprint density at radius 2 is 2.04 bits per heavy atom. The van der Waals surface area contributed by atoms with E-state index >= 15 is 0 Å². The predicted molar refractivity (Wildman–Crippen MR) is 97.7 cm³/mol. The second-order valence-corrected chi connectivity index (χ2v) is 6.38. The van der Waals surface area contributed by atoms with Gasteiger partial charge in [-0.15, -0.1) is 0 Å². The SMILES string of the molecule is O=C(NCc1ccnc([C@H]2CCCOC2)n1)c1nccc2ccccc12. The number of aromatic nitrogens is 3. The van der Waals surface area contributed by atoms with Crippen LogP contribution in [0.4, 0.5) is 0 Å². The monoisotopic (exact) mass is 348 g/mol. The zero-order chi connectivity index (χ0) is 17.8. The second kappa shape index (κ2) is 7.58. The highest BCUT2D eigenvalue weighted by molar-refractivity contribution is 6.05. The molecule has 1 aliphatic rings. The van der Waals surface area contributed by atoms with E-state index in [1.807, 2.05) is 36.4 Å². The van der Waals surface area contributed by atoms with E-state index in [1.54, 1.807) is 12.4 Å². The first-order chi connectivity index (χ1) is 12.8. The van der Waals surface area contributed by atoms with E-state index in [0.717, 1.165) is 41.7 Å². The smallest absolute Gasteiger partial charge is 0.270 e. The van der Waals surface area contributed by atoms with Crippen molar-refractivity contribution in [2.24, 2.45) is 0 Å². The van der Waals surface area contributed by atoms with E-state index in [-0.39, 0.29) is 11.8 Å². The van der Waals surface area contributed by atoms with Crippen molar-refractivity contribution in [2.75, 3.05) is 13.2 Å². The third kappa shape index (κ3) is 3.55. The Morgan fingerprint density at radius 3 is 2.92 bits per heavy atom. The highest BCUT2D eigenvalue weighted by atomic mass is 16.5. The number of carbonyl (C=O) groups excluding carboxylic acids is 1. The van der Waals surface area contributed by atoms with E-state index in [4.69, 9.17) is 4.74 Å². The summed E-state index contributed by atoms with van der Waals surface area (Å²) in [5.41, 5.74) is 1.22. The molecule has 0 radical (unpaired) electrons. The summed E-state index contributed by atoms with van der Waals surface area (Å²) >= 11 is 0. The predicted octanol–water partition coefficient (Wildman–Crippen LogP) is 2.85. The number of carbonyl (C=O) groups is 1. The number of fused-ring (bicyclic) bond motifs is 1. The molecule has 1 aromatic carbocycles. The van der Waals surface area contributed by atoms with Crippen LogP contribution in [0.2, 0.25) is 0 Å². The lowest BCUT2D eigenvalue weighted by Gasteiger charge is -2.20. The summed E-state index contributed by atoms with van der Waals surface area (Å²) in [6, 6.07) is 11.4. The molecule has 0 saturated carbocycles. The van der Waals surface area contributed by atoms with E-state index in [9.17, 15) is 4.79 Å². The van der Waals surface area contributed by atoms with Gasteiger partial charge in [-0.3, -0.25) is 9.78 Å². The van der Waals surface area contributed by atoms with Crippen LogP contribution in [0, 0.1) is 0 Å². The number of nitrogens with zero attached hydrogens (tertiary/aromatic N) is 3. The third-order valence-electron chi connectivity index (χ3n) is 4.58. The topological polar surface area (TPSA) is 77.0 Å². The van der Waals surface area contributed by atoms with E-state index in [1.165, 1.54) is 0 Å². The van der Waals surface area contributed by atoms with Crippen molar-refractivity contribution in [1.29, 1.82) is 0 Å². The van der Waals surface area contributed by atoms with Crippen LogP contribution in [0.15, 0.2) is 48.8 Å². The van der Waals surface area contributed by atoms with Crippen molar-refractivity contribution < 1.29 is 9.53 Å². The Bertz CT molecular complexity index is 917. The van der Waals surface area contributed by atoms with Gasteiger partial charge in [-0.1, -0.05) is 24.3 Å². The molecular formula is C20H20N4O2. The average Bonchev–Trinajstić information content (AvgIpc) is 2.72. The average molecular weight is 348 g/mol. The first kappa shape index (κ1) is 16.6. The van der Waals surface area contributed by atoms with Crippen molar-refractivity contribution in [3.05, 3.63) is 66.0 Å². The Hall–Kier alpha value is -2.86. The molecule has 132 valence electrons. The maximum Gasteiger partial charge on any atom is 0.270 e. The second-order valence-electron chi connectivity index (χ2n) is 6.38. The molecule has 2 aromatic heterocycles. The van der Waals surface area contributed by atoms with Gasteiger partial charge in [0.2, 0.25) is 0 Å². The molecule has 1 atom stereocenters. The molecule has 4 rings (SSSR count). The number of benzene rings is 1. The molecule has 0 unspecified atom stereocenters. The molecule has 3 heterocycles. The van der Waals surface area contributed by atoms with Gasteiger partial charge in [-0.25, -0.2) is 9.97 Å². The minimum Gasteiger partial charge on any atom is -0.381 e. The van der Waals surface area contributed by atoms with Crippen molar-refractivity contribution in [3.8, 4) is 0 Å². The van der Waals surface area contributed by atoms with Crippen LogP contribution in [0.5, 0.6) is 0 Å². The molecule has 0 spiro atoms. The van der Waals surface area contributed by atoms with Gasteiger partial charge in [0.05, 0.1) is 18.8 Å². The van der Waals surface area contributed by atoms with Crippen molar-refractivity contribution >= 4 is 16.7 Å². The highest BCUT2D eigenvalue weighted by Gasteiger charge is 2.19. The zero-order valence-electron chi connectivity index (χ0n) is 14.4. The van der Waals surface area contributed by atoms with E-state index in [0.29, 0.717) is 18.8 Å². The van der Waals surface area contributed by atoms with E-state index in [2.05, 4.69) is 20.3 Å². The van der Waals surface area contributed by atoms with Gasteiger partial charge in [0.25, 0.3) is 5.91 Å². The Labute approximate surface area is 151 Å². The maximum absolute atomic E-state index is 12.6. The lowest BCUT2D eigenvalue weighted by Crippen LogP contribution is -2.25. The molecule has 1 N–H and O–H groups in total. The molecule has 6 nitrogen and oxygen atoms in total. The normalized spacial score (nSPS) is 17.2. The quantitative estimate of drug-likeness (QED) is 0.784. The minimum atomic E-state index is -0.206. The number of hydrogen-bond donors (Lipinski definition) is 1. The van der Waals surface area contributed by atoms with Crippen molar-refractivity contribution in [3.63, 3.8) is 0 Å². The first-order valence-corrected chi connectivity index (χ1v) is 8.83. The molecule has 6 heteroatoms. The van der Waals surface area contributed by atoms with Gasteiger partial charge < -0.3 is 10.1 Å². The van der Waals surface area contributed by atoms with Gasteiger partial charge >= 0.3 is 0 Å². The van der Waals surface area contributed by atoms with Crippen molar-refractivity contribution in [2.45, 2.75) is 25.3 Å². The molecule has 1 saturated heterocycles. The summed E-state index contributed by atoms with van der Waals surface area (Å²) in [6.07, 6.45) is 5.47. The number of amides is 1. The summed E-state index contributed by atoms with van der Waals surface area (Å²) in [4.78, 5) is 25.8. The standard InChI is InChI=1S/C20H20N4O2/c25-20(18-17-6-2-1-4-14(17)7-9-21-18)23-12-16-8-10-22-19(24-16)15-5-3-11-26-13-15/h1-2,4,6-10,15H,3,5,11-13H2,(H,23,25)/t15-/m0/s1. The zero-order valence-corrected chi connectivity index (χ0v) is 14.4. The van der Waals surface area contributed by atoms with Gasteiger partial charge in [0.15, 0.2) is 0 Å². The van der Waals surface area contributed by atoms with Crippen LogP contribution in [-0.2, 0) is 11.3 Å². The summed E-state index contributed by atoms with van der Waals surface area (Å²) in [7, 11) is 0. The highest BCUT2D eigenvalue weighted by Crippen LogP contribution is 2.22. The Balaban J connectivity index is 1.47.